The van der Waals surface area contributed by atoms with E-state index in [-0.39, 0.29) is 29.5 Å². The van der Waals surface area contributed by atoms with E-state index < -0.39 is 18.2 Å². The Morgan fingerprint density at radius 1 is 1.22 bits per heavy atom. The van der Waals surface area contributed by atoms with E-state index in [1.54, 1.807) is 11.0 Å². The summed E-state index contributed by atoms with van der Waals surface area (Å²) < 4.78 is 15.1. The number of nitrogens with two attached hydrogens (primary N) is 2. The number of aliphatic hydroxyl groups is 2. The highest BCUT2D eigenvalue weighted by Crippen LogP contribution is 2.30. The number of aryl methyl sites for hydroxylation is 1. The summed E-state index contributed by atoms with van der Waals surface area (Å²) in [5, 5.41) is 35.4. The second-order valence-electron chi connectivity index (χ2n) is 12.2. The summed E-state index contributed by atoms with van der Waals surface area (Å²) in [6, 6.07) is 13.3. The topological polar surface area (TPSA) is 172 Å². The molecule has 2 aliphatic heterocycles. The molecule has 45 heavy (non-hydrogen) atoms. The van der Waals surface area contributed by atoms with Crippen molar-refractivity contribution >= 4 is 29.3 Å². The molecule has 0 bridgehead atoms. The number of nitrogens with zero attached hydrogens (tertiary/aromatic N) is 2. The Hall–Kier alpha value is -3.32. The van der Waals surface area contributed by atoms with Crippen molar-refractivity contribution in [2.45, 2.75) is 82.4 Å². The number of aromatic amines is 1. The van der Waals surface area contributed by atoms with E-state index in [1.807, 2.05) is 37.4 Å². The summed E-state index contributed by atoms with van der Waals surface area (Å²) >= 11 is 6.27. The smallest absolute Gasteiger partial charge is 0.231 e. The molecule has 10 nitrogen and oxygen atoms in total. The first-order valence-electron chi connectivity index (χ1n) is 15.7. The fraction of sp³-hybridized carbons (Fsp3) is 0.455. The Bertz CT molecular complexity index is 1600. The number of piperidine rings is 1. The van der Waals surface area contributed by atoms with Crippen LogP contribution in [0.15, 0.2) is 47.5 Å². The SMILES string of the molecule is C[C@H](N)CCCc1cc(Cl)c(F)c(-c2cc3c([nH]2)=NC(O)N(c2ccc([C@@H]4CCC[C@@H](CCNC(=N)[C@@H](N)CO)N4)cc2)C=3)c1. The minimum atomic E-state index is -1.14. The average molecular weight is 639 g/mol. The second kappa shape index (κ2) is 14.8. The van der Waals surface area contributed by atoms with Gasteiger partial charge in [-0.2, -0.15) is 0 Å². The summed E-state index contributed by atoms with van der Waals surface area (Å²) in [6.07, 6.45) is 7.18. The van der Waals surface area contributed by atoms with Crippen LogP contribution in [0.25, 0.3) is 17.5 Å². The minimum Gasteiger partial charge on any atom is -0.394 e. The normalized spacial score (nSPS) is 21.0. The first-order valence-corrected chi connectivity index (χ1v) is 16.0. The van der Waals surface area contributed by atoms with Gasteiger partial charge in [0.2, 0.25) is 6.35 Å². The number of rotatable bonds is 12. The molecular weight excluding hydrogens is 595 g/mol. The number of halogens is 2. The first-order chi connectivity index (χ1) is 21.6. The summed E-state index contributed by atoms with van der Waals surface area (Å²) in [5.41, 5.74) is 15.8. The van der Waals surface area contributed by atoms with E-state index in [4.69, 9.17) is 33.6 Å². The molecule has 10 N–H and O–H groups in total. The molecule has 2 aromatic carbocycles. The number of nitrogens with one attached hydrogen (secondary N) is 4. The first kappa shape index (κ1) is 33.1. The maximum Gasteiger partial charge on any atom is 0.231 e. The zero-order valence-corrected chi connectivity index (χ0v) is 26.3. The van der Waals surface area contributed by atoms with Crippen LogP contribution in [0.4, 0.5) is 10.1 Å². The van der Waals surface area contributed by atoms with Gasteiger partial charge in [-0.3, -0.25) is 5.41 Å². The van der Waals surface area contributed by atoms with E-state index in [0.717, 1.165) is 67.0 Å². The highest BCUT2D eigenvalue weighted by atomic mass is 35.5. The van der Waals surface area contributed by atoms with Gasteiger partial charge in [0.05, 0.1) is 23.4 Å². The number of H-pyrrole nitrogens is 1. The van der Waals surface area contributed by atoms with Gasteiger partial charge in [-0.25, -0.2) is 9.38 Å². The van der Waals surface area contributed by atoms with Crippen molar-refractivity contribution in [3.05, 3.63) is 75.1 Å². The summed E-state index contributed by atoms with van der Waals surface area (Å²) in [5.74, 6) is -0.346. The number of hydrogen-bond acceptors (Lipinski definition) is 8. The van der Waals surface area contributed by atoms with Gasteiger partial charge in [0.25, 0.3) is 0 Å². The van der Waals surface area contributed by atoms with Crippen molar-refractivity contribution in [2.75, 3.05) is 18.1 Å². The van der Waals surface area contributed by atoms with Crippen molar-refractivity contribution in [1.29, 1.82) is 5.41 Å². The number of benzene rings is 2. The van der Waals surface area contributed by atoms with E-state index in [0.29, 0.717) is 29.3 Å². The fourth-order valence-electron chi connectivity index (χ4n) is 6.02. The van der Waals surface area contributed by atoms with Crippen molar-refractivity contribution in [1.82, 2.24) is 15.6 Å². The van der Waals surface area contributed by atoms with Gasteiger partial charge < -0.3 is 42.2 Å². The standard InChI is InChI=1S/C33H44ClFN8O2/c1-19(36)4-2-5-20-14-25(30(35)26(34)15-20)29-16-22-17-43(33(45)42-32(22)41-29)24-10-8-21(9-11-24)28-7-3-6-23(40-28)12-13-39-31(38)27(37)18-44/h8-11,14-17,19,23,27-28,33,40,44-45H,2-7,12-13,18,36-37H2,1H3,(H2,38,39)(H,41,42)/t19-,23-,27-,28-,33?/m0/s1. The van der Waals surface area contributed by atoms with Crippen LogP contribution in [0.3, 0.4) is 0 Å². The number of aromatic nitrogens is 1. The summed E-state index contributed by atoms with van der Waals surface area (Å²) in [7, 11) is 0. The molecular formula is C33H44ClFN8O2. The quantitative estimate of drug-likeness (QED) is 0.111. The van der Waals surface area contributed by atoms with Gasteiger partial charge in [-0.15, -0.1) is 0 Å². The van der Waals surface area contributed by atoms with Gasteiger partial charge in [0.1, 0.15) is 11.3 Å². The number of fused-ring (bicyclic) bond motifs is 1. The number of anilines is 1. The van der Waals surface area contributed by atoms with Crippen LogP contribution in [-0.2, 0) is 6.42 Å². The van der Waals surface area contributed by atoms with Gasteiger partial charge in [-0.05, 0) is 86.9 Å². The molecule has 5 rings (SSSR count). The molecule has 0 aliphatic carbocycles. The lowest BCUT2D eigenvalue weighted by Crippen LogP contribution is -2.44. The van der Waals surface area contributed by atoms with Crippen molar-refractivity contribution in [2.24, 2.45) is 16.5 Å². The Balaban J connectivity index is 1.27. The monoisotopic (exact) mass is 638 g/mol. The maximum atomic E-state index is 15.1. The lowest BCUT2D eigenvalue weighted by Gasteiger charge is -2.32. The van der Waals surface area contributed by atoms with Crippen LogP contribution in [0.1, 0.15) is 62.6 Å². The van der Waals surface area contributed by atoms with E-state index in [2.05, 4.69) is 32.7 Å². The molecule has 0 amide bonds. The minimum absolute atomic E-state index is 0.0669. The van der Waals surface area contributed by atoms with Crippen LogP contribution < -0.4 is 37.7 Å². The Morgan fingerprint density at radius 3 is 2.73 bits per heavy atom. The number of aliphatic hydroxyl groups excluding tert-OH is 2. The Kier molecular flexibility index (Phi) is 10.9. The zero-order valence-electron chi connectivity index (χ0n) is 25.6. The van der Waals surface area contributed by atoms with E-state index >= 15 is 4.39 Å². The van der Waals surface area contributed by atoms with Gasteiger partial charge >= 0.3 is 0 Å². The summed E-state index contributed by atoms with van der Waals surface area (Å²) in [6.45, 7) is 2.33. The maximum absolute atomic E-state index is 15.1. The van der Waals surface area contributed by atoms with Crippen molar-refractivity contribution in [3.8, 4) is 11.3 Å². The molecule has 1 aromatic heterocycles. The van der Waals surface area contributed by atoms with Crippen molar-refractivity contribution < 1.29 is 14.6 Å². The third kappa shape index (κ3) is 8.10. The van der Waals surface area contributed by atoms with Crippen LogP contribution in [0.5, 0.6) is 0 Å². The largest absolute Gasteiger partial charge is 0.394 e. The second-order valence-corrected chi connectivity index (χ2v) is 12.6. The number of amidine groups is 1. The van der Waals surface area contributed by atoms with Crippen LogP contribution in [-0.4, -0.2) is 58.7 Å². The lowest BCUT2D eigenvalue weighted by molar-refractivity contribution is 0.186. The molecule has 1 saturated heterocycles. The molecule has 1 unspecified atom stereocenters. The van der Waals surface area contributed by atoms with E-state index in [1.165, 1.54) is 0 Å². The Labute approximate surface area is 267 Å². The molecule has 2 aliphatic rings. The predicted octanol–water partition coefficient (Wildman–Crippen LogP) is 2.76. The van der Waals surface area contributed by atoms with Crippen molar-refractivity contribution in [3.63, 3.8) is 0 Å². The Morgan fingerprint density at radius 2 is 2.00 bits per heavy atom. The zero-order chi connectivity index (χ0) is 32.1. The highest BCUT2D eigenvalue weighted by Gasteiger charge is 2.24. The molecule has 1 fully saturated rings. The highest BCUT2D eigenvalue weighted by molar-refractivity contribution is 6.31. The molecule has 0 spiro atoms. The van der Waals surface area contributed by atoms with Gasteiger partial charge in [-0.1, -0.05) is 30.2 Å². The third-order valence-electron chi connectivity index (χ3n) is 8.55. The lowest BCUT2D eigenvalue weighted by atomic mass is 9.92. The fourth-order valence-corrected chi connectivity index (χ4v) is 6.26. The average Bonchev–Trinajstić information content (AvgIpc) is 3.44. The summed E-state index contributed by atoms with van der Waals surface area (Å²) in [4.78, 5) is 9.29. The predicted molar refractivity (Wildman–Crippen MR) is 177 cm³/mol. The molecule has 5 atom stereocenters. The molecule has 242 valence electrons. The molecule has 3 heterocycles. The van der Waals surface area contributed by atoms with Crippen LogP contribution in [0.2, 0.25) is 5.02 Å². The molecule has 0 radical (unpaired) electrons. The van der Waals surface area contributed by atoms with E-state index in [9.17, 15) is 5.11 Å². The van der Waals surface area contributed by atoms with Crippen LogP contribution >= 0.6 is 11.6 Å². The number of hydrogen-bond donors (Lipinski definition) is 8. The molecule has 12 heteroatoms. The molecule has 3 aromatic rings. The third-order valence-corrected chi connectivity index (χ3v) is 8.83. The molecule has 0 saturated carbocycles. The van der Waals surface area contributed by atoms with Gasteiger partial charge in [0.15, 0.2) is 5.82 Å². The van der Waals surface area contributed by atoms with Gasteiger partial charge in [0, 0.05) is 47.3 Å². The van der Waals surface area contributed by atoms with Crippen LogP contribution in [0, 0.1) is 11.2 Å².